The van der Waals surface area contributed by atoms with Crippen LogP contribution >= 0.6 is 11.3 Å². The molecule has 0 saturated carbocycles. The number of hydrogen-bond donors (Lipinski definition) is 0. The van der Waals surface area contributed by atoms with Crippen LogP contribution in [0.2, 0.25) is 0 Å². The Bertz CT molecular complexity index is 1710. The molecule has 0 aliphatic carbocycles. The summed E-state index contributed by atoms with van der Waals surface area (Å²) in [5.41, 5.74) is 4.56. The van der Waals surface area contributed by atoms with E-state index < -0.39 is 5.54 Å². The van der Waals surface area contributed by atoms with E-state index in [1.807, 2.05) is 36.7 Å². The van der Waals surface area contributed by atoms with Crippen molar-refractivity contribution in [1.82, 2.24) is 14.5 Å². The monoisotopic (exact) mass is 514 g/mol. The van der Waals surface area contributed by atoms with Crippen LogP contribution in [0.1, 0.15) is 34.0 Å². The average Bonchev–Trinajstić information content (AvgIpc) is 3.54. The lowest BCUT2D eigenvalue weighted by molar-refractivity contribution is 0.545. The standard InChI is InChI=1S/C32H23FN4S/c33-28-20-22(16-19-35-28)31-36-30-29(38-31)26-21-34-18-17-27(26)37(30)32(23-10-4-1-5-11-23,24-12-6-2-7-13-24)25-14-8-3-9-15-25/h1-19,21-22H,20H2. The van der Waals surface area contributed by atoms with E-state index in [2.05, 4.69) is 93.4 Å². The van der Waals surface area contributed by atoms with Gasteiger partial charge in [0.2, 0.25) is 0 Å². The van der Waals surface area contributed by atoms with E-state index in [0.29, 0.717) is 0 Å². The normalized spacial score (nSPS) is 15.7. The largest absolute Gasteiger partial charge is 0.306 e. The Balaban J connectivity index is 1.64. The maximum Gasteiger partial charge on any atom is 0.189 e. The van der Waals surface area contributed by atoms with Crippen molar-refractivity contribution in [3.05, 3.63) is 143 Å². The molecule has 0 amide bonds. The van der Waals surface area contributed by atoms with Crippen LogP contribution < -0.4 is 0 Å². The molecule has 0 radical (unpaired) electrons. The molecule has 184 valence electrons. The van der Waals surface area contributed by atoms with E-state index >= 15 is 0 Å². The third-order valence-corrected chi connectivity index (χ3v) is 8.48. The van der Waals surface area contributed by atoms with Gasteiger partial charge in [-0.2, -0.15) is 4.39 Å². The van der Waals surface area contributed by atoms with Gasteiger partial charge in [-0.1, -0.05) is 97.1 Å². The van der Waals surface area contributed by atoms with E-state index in [4.69, 9.17) is 4.98 Å². The molecule has 0 spiro atoms. The van der Waals surface area contributed by atoms with Crippen LogP contribution in [0.3, 0.4) is 0 Å². The number of hydrogen-bond acceptors (Lipinski definition) is 4. The molecule has 3 aromatic carbocycles. The van der Waals surface area contributed by atoms with Gasteiger partial charge in [-0.25, -0.2) is 9.98 Å². The predicted octanol–water partition coefficient (Wildman–Crippen LogP) is 7.86. The van der Waals surface area contributed by atoms with Gasteiger partial charge in [0.05, 0.1) is 10.2 Å². The Hall–Kier alpha value is -4.42. The molecule has 0 N–H and O–H groups in total. The van der Waals surface area contributed by atoms with Gasteiger partial charge in [-0.15, -0.1) is 11.3 Å². The number of allylic oxidation sites excluding steroid dienone is 1. The quantitative estimate of drug-likeness (QED) is 0.220. The molecule has 1 aliphatic rings. The summed E-state index contributed by atoms with van der Waals surface area (Å²) in [4.78, 5) is 13.5. The number of halogens is 1. The van der Waals surface area contributed by atoms with Crippen LogP contribution in [0, 0.1) is 0 Å². The van der Waals surface area contributed by atoms with Gasteiger partial charge in [-0.3, -0.25) is 4.98 Å². The SMILES string of the molecule is FC1=NC=CC(c2nc3c(s2)c2cnccc2n3C(c2ccccc2)(c2ccccc2)c2ccccc2)C1. The highest BCUT2D eigenvalue weighted by atomic mass is 32.1. The van der Waals surface area contributed by atoms with Crippen LogP contribution in [0.15, 0.2) is 127 Å². The number of aliphatic imine (C=N–C) groups is 1. The van der Waals surface area contributed by atoms with Gasteiger partial charge < -0.3 is 4.57 Å². The van der Waals surface area contributed by atoms with Crippen LogP contribution in [-0.2, 0) is 5.54 Å². The second-order valence-corrected chi connectivity index (χ2v) is 10.4. The molecule has 6 heteroatoms. The molecule has 38 heavy (non-hydrogen) atoms. The zero-order chi connectivity index (χ0) is 25.5. The maximum atomic E-state index is 14.1. The van der Waals surface area contributed by atoms with Gasteiger partial charge in [0.15, 0.2) is 11.6 Å². The van der Waals surface area contributed by atoms with E-state index in [1.165, 1.54) is 0 Å². The molecule has 6 aromatic rings. The molecule has 1 atom stereocenters. The predicted molar refractivity (Wildman–Crippen MR) is 153 cm³/mol. The van der Waals surface area contributed by atoms with Crippen molar-refractivity contribution in [3.63, 3.8) is 0 Å². The topological polar surface area (TPSA) is 43.1 Å². The van der Waals surface area contributed by atoms with E-state index in [0.717, 1.165) is 42.9 Å². The van der Waals surface area contributed by atoms with Gasteiger partial charge in [-0.05, 0) is 22.8 Å². The molecular formula is C32H23FN4S. The summed E-state index contributed by atoms with van der Waals surface area (Å²) in [6.45, 7) is 0. The molecule has 4 nitrogen and oxygen atoms in total. The summed E-state index contributed by atoms with van der Waals surface area (Å²) in [7, 11) is 0. The first kappa shape index (κ1) is 22.8. The van der Waals surface area contributed by atoms with E-state index in [9.17, 15) is 4.39 Å². The van der Waals surface area contributed by atoms with Crippen molar-refractivity contribution in [2.75, 3.05) is 0 Å². The molecule has 0 bridgehead atoms. The maximum absolute atomic E-state index is 14.1. The third-order valence-electron chi connectivity index (χ3n) is 7.27. The average molecular weight is 515 g/mol. The molecule has 1 aliphatic heterocycles. The molecule has 1 unspecified atom stereocenters. The molecule has 4 heterocycles. The minimum Gasteiger partial charge on any atom is -0.306 e. The molecule has 3 aromatic heterocycles. The lowest BCUT2D eigenvalue weighted by Gasteiger charge is -2.38. The molecule has 7 rings (SSSR count). The van der Waals surface area contributed by atoms with Crippen molar-refractivity contribution in [1.29, 1.82) is 0 Å². The fraction of sp³-hybridized carbons (Fsp3) is 0.0938. The summed E-state index contributed by atoms with van der Waals surface area (Å²) < 4.78 is 17.6. The zero-order valence-electron chi connectivity index (χ0n) is 20.4. The number of fused-ring (bicyclic) bond motifs is 3. The Morgan fingerprint density at radius 1 is 0.816 bits per heavy atom. The highest BCUT2D eigenvalue weighted by Crippen LogP contribution is 2.47. The first-order valence-corrected chi connectivity index (χ1v) is 13.4. The zero-order valence-corrected chi connectivity index (χ0v) is 21.2. The molecular weight excluding hydrogens is 491 g/mol. The fourth-order valence-electron chi connectivity index (χ4n) is 5.65. The summed E-state index contributed by atoms with van der Waals surface area (Å²) in [5.74, 6) is -0.511. The second-order valence-electron chi connectivity index (χ2n) is 9.40. The minimum absolute atomic E-state index is 0.148. The molecule has 0 fully saturated rings. The highest BCUT2D eigenvalue weighted by Gasteiger charge is 2.41. The van der Waals surface area contributed by atoms with Crippen LogP contribution in [-0.4, -0.2) is 20.5 Å². The van der Waals surface area contributed by atoms with Crippen molar-refractivity contribution in [3.8, 4) is 0 Å². The van der Waals surface area contributed by atoms with Crippen molar-refractivity contribution in [2.45, 2.75) is 17.9 Å². The Morgan fingerprint density at radius 3 is 2.00 bits per heavy atom. The summed E-state index contributed by atoms with van der Waals surface area (Å²) in [6.07, 6.45) is 7.46. The Labute approximate surface area is 223 Å². The lowest BCUT2D eigenvalue weighted by Crippen LogP contribution is -2.37. The van der Waals surface area contributed by atoms with E-state index in [1.54, 1.807) is 17.5 Å². The van der Waals surface area contributed by atoms with Crippen LogP contribution in [0.25, 0.3) is 21.3 Å². The van der Waals surface area contributed by atoms with Crippen molar-refractivity contribution in [2.24, 2.45) is 4.99 Å². The van der Waals surface area contributed by atoms with Gasteiger partial charge in [0.1, 0.15) is 10.5 Å². The first-order valence-electron chi connectivity index (χ1n) is 12.6. The summed E-state index contributed by atoms with van der Waals surface area (Å²) >= 11 is 1.61. The van der Waals surface area contributed by atoms with Crippen LogP contribution in [0.4, 0.5) is 4.39 Å². The number of nitrogens with zero attached hydrogens (tertiary/aromatic N) is 4. The van der Waals surface area contributed by atoms with Crippen LogP contribution in [0.5, 0.6) is 0 Å². The van der Waals surface area contributed by atoms with Gasteiger partial charge in [0, 0.05) is 36.3 Å². The molecule has 0 saturated heterocycles. The highest BCUT2D eigenvalue weighted by molar-refractivity contribution is 7.19. The number of benzene rings is 3. The van der Waals surface area contributed by atoms with Gasteiger partial charge >= 0.3 is 0 Å². The Kier molecular flexibility index (Phi) is 5.48. The Morgan fingerprint density at radius 2 is 1.42 bits per heavy atom. The number of aromatic nitrogens is 3. The minimum atomic E-state index is -0.717. The lowest BCUT2D eigenvalue weighted by atomic mass is 9.76. The third kappa shape index (κ3) is 3.45. The summed E-state index contributed by atoms with van der Waals surface area (Å²) in [5, 5.41) is 1.91. The second kappa shape index (κ2) is 9.15. The van der Waals surface area contributed by atoms with Gasteiger partial charge in [0.25, 0.3) is 0 Å². The van der Waals surface area contributed by atoms with Crippen molar-refractivity contribution < 1.29 is 4.39 Å². The number of pyridine rings is 1. The number of thiazole rings is 1. The first-order chi connectivity index (χ1) is 18.8. The summed E-state index contributed by atoms with van der Waals surface area (Å²) in [6, 6.07) is 33.8. The fourth-order valence-corrected chi connectivity index (χ4v) is 6.80. The number of rotatable bonds is 5. The van der Waals surface area contributed by atoms with E-state index in [-0.39, 0.29) is 18.3 Å². The smallest absolute Gasteiger partial charge is 0.189 e. The van der Waals surface area contributed by atoms with Crippen molar-refractivity contribution >= 4 is 38.6 Å².